The molecule has 21 heavy (non-hydrogen) atoms. The number of carbonyl (C=O) groups is 1. The molecular weight excluding hydrogens is 285 g/mol. The molecule has 116 valence electrons. The average molecular weight is 302 g/mol. The van der Waals surface area contributed by atoms with Gasteiger partial charge in [0, 0.05) is 25.2 Å². The van der Waals surface area contributed by atoms with Crippen molar-refractivity contribution in [1.29, 1.82) is 0 Å². The zero-order valence-electron chi connectivity index (χ0n) is 11.6. The van der Waals surface area contributed by atoms with Gasteiger partial charge in [-0.05, 0) is 43.7 Å². The fourth-order valence-electron chi connectivity index (χ4n) is 2.33. The van der Waals surface area contributed by atoms with Crippen molar-refractivity contribution >= 4 is 5.91 Å². The van der Waals surface area contributed by atoms with Crippen molar-refractivity contribution in [3.05, 3.63) is 29.8 Å². The number of hydrogen-bond donors (Lipinski definition) is 1. The third-order valence-corrected chi connectivity index (χ3v) is 3.47. The van der Waals surface area contributed by atoms with Crippen LogP contribution in [-0.2, 0) is 0 Å². The Morgan fingerprint density at radius 1 is 1.33 bits per heavy atom. The Morgan fingerprint density at radius 2 is 2.00 bits per heavy atom. The molecule has 2 rings (SSSR count). The first-order chi connectivity index (χ1) is 9.87. The number of alkyl halides is 3. The maximum absolute atomic E-state index is 12.3. The molecule has 1 aromatic carbocycles. The molecule has 1 heterocycles. The lowest BCUT2D eigenvalue weighted by Crippen LogP contribution is -2.46. The predicted octanol–water partition coefficient (Wildman–Crippen LogP) is 2.41. The normalized spacial score (nSPS) is 19.1. The van der Waals surface area contributed by atoms with Crippen molar-refractivity contribution in [2.75, 3.05) is 20.1 Å². The van der Waals surface area contributed by atoms with Crippen LogP contribution in [0.3, 0.4) is 0 Å². The van der Waals surface area contributed by atoms with Gasteiger partial charge in [-0.2, -0.15) is 0 Å². The summed E-state index contributed by atoms with van der Waals surface area (Å²) in [5, 5.41) is 3.22. The fraction of sp³-hybridized carbons (Fsp3) is 0.500. The van der Waals surface area contributed by atoms with E-state index in [1.165, 1.54) is 12.1 Å². The number of likely N-dealkylation sites (N-methyl/N-ethyl adjacent to an activating group) is 1. The number of halogens is 3. The minimum atomic E-state index is -4.73. The Hall–Kier alpha value is -1.76. The number of rotatable bonds is 3. The van der Waals surface area contributed by atoms with Gasteiger partial charge in [-0.25, -0.2) is 0 Å². The van der Waals surface area contributed by atoms with E-state index in [0.29, 0.717) is 5.56 Å². The molecule has 1 saturated heterocycles. The van der Waals surface area contributed by atoms with Gasteiger partial charge in [0.2, 0.25) is 0 Å². The van der Waals surface area contributed by atoms with Crippen molar-refractivity contribution in [3.63, 3.8) is 0 Å². The summed E-state index contributed by atoms with van der Waals surface area (Å²) in [7, 11) is 1.71. The molecule has 0 spiro atoms. The number of ether oxygens (including phenoxy) is 1. The second-order valence-electron chi connectivity index (χ2n) is 4.99. The van der Waals surface area contributed by atoms with Crippen LogP contribution in [0.25, 0.3) is 0 Å². The quantitative estimate of drug-likeness (QED) is 0.932. The molecule has 1 aliphatic heterocycles. The van der Waals surface area contributed by atoms with E-state index in [-0.39, 0.29) is 17.7 Å². The number of carbonyl (C=O) groups excluding carboxylic acids is 1. The van der Waals surface area contributed by atoms with Gasteiger partial charge in [-0.15, -0.1) is 13.2 Å². The molecule has 0 unspecified atom stereocenters. The average Bonchev–Trinajstić information content (AvgIpc) is 2.46. The molecular formula is C14H17F3N2O2. The lowest BCUT2D eigenvalue weighted by atomic mass is 10.1. The molecule has 1 atom stereocenters. The third kappa shape index (κ3) is 4.35. The van der Waals surface area contributed by atoms with Gasteiger partial charge in [-0.1, -0.05) is 0 Å². The van der Waals surface area contributed by atoms with Crippen LogP contribution in [0.1, 0.15) is 23.2 Å². The highest BCUT2D eigenvalue weighted by molar-refractivity contribution is 5.94. The fourth-order valence-corrected chi connectivity index (χ4v) is 2.33. The number of benzene rings is 1. The van der Waals surface area contributed by atoms with Gasteiger partial charge in [0.1, 0.15) is 5.75 Å². The molecule has 1 N–H and O–H groups in total. The molecule has 0 bridgehead atoms. The Kier molecular flexibility index (Phi) is 4.72. The van der Waals surface area contributed by atoms with E-state index in [1.54, 1.807) is 11.9 Å². The predicted molar refractivity (Wildman–Crippen MR) is 71.1 cm³/mol. The summed E-state index contributed by atoms with van der Waals surface area (Å²) in [5.41, 5.74) is 0.345. The number of nitrogens with one attached hydrogen (secondary N) is 1. The van der Waals surface area contributed by atoms with Crippen LogP contribution in [0.2, 0.25) is 0 Å². The number of piperidine rings is 1. The summed E-state index contributed by atoms with van der Waals surface area (Å²) in [6, 6.07) is 5.09. The molecule has 0 radical (unpaired) electrons. The highest BCUT2D eigenvalue weighted by atomic mass is 19.4. The van der Waals surface area contributed by atoms with Crippen molar-refractivity contribution in [3.8, 4) is 5.75 Å². The Morgan fingerprint density at radius 3 is 2.52 bits per heavy atom. The first-order valence-electron chi connectivity index (χ1n) is 6.70. The van der Waals surface area contributed by atoms with Gasteiger partial charge in [-0.3, -0.25) is 4.79 Å². The number of hydrogen-bond acceptors (Lipinski definition) is 3. The maximum atomic E-state index is 12.3. The van der Waals surface area contributed by atoms with E-state index in [4.69, 9.17) is 0 Å². The van der Waals surface area contributed by atoms with E-state index < -0.39 is 6.36 Å². The van der Waals surface area contributed by atoms with E-state index in [9.17, 15) is 18.0 Å². The van der Waals surface area contributed by atoms with Crippen molar-refractivity contribution < 1.29 is 22.7 Å². The monoisotopic (exact) mass is 302 g/mol. The first kappa shape index (κ1) is 15.6. The summed E-state index contributed by atoms with van der Waals surface area (Å²) in [4.78, 5) is 13.9. The van der Waals surface area contributed by atoms with Gasteiger partial charge < -0.3 is 15.0 Å². The van der Waals surface area contributed by atoms with E-state index in [0.717, 1.165) is 38.1 Å². The molecule has 0 aromatic heterocycles. The van der Waals surface area contributed by atoms with Crippen molar-refractivity contribution in [1.82, 2.24) is 10.2 Å². The standard InChI is InChI=1S/C14H17F3N2O2/c1-19(11-3-2-8-18-9-11)13(20)10-4-6-12(7-5-10)21-14(15,16)17/h4-7,11,18H,2-3,8-9H2,1H3/t11-/m0/s1. The van der Waals surface area contributed by atoms with Gasteiger partial charge in [0.25, 0.3) is 5.91 Å². The third-order valence-electron chi connectivity index (χ3n) is 3.47. The summed E-state index contributed by atoms with van der Waals surface area (Å²) in [6.07, 6.45) is -2.80. The van der Waals surface area contributed by atoms with Gasteiger partial charge >= 0.3 is 6.36 Å². The lowest BCUT2D eigenvalue weighted by Gasteiger charge is -2.31. The second-order valence-corrected chi connectivity index (χ2v) is 4.99. The highest BCUT2D eigenvalue weighted by Crippen LogP contribution is 2.23. The Balaban J connectivity index is 2.02. The summed E-state index contributed by atoms with van der Waals surface area (Å²) in [6.45, 7) is 1.68. The van der Waals surface area contributed by atoms with Crippen molar-refractivity contribution in [2.24, 2.45) is 0 Å². The summed E-state index contributed by atoms with van der Waals surface area (Å²) >= 11 is 0. The summed E-state index contributed by atoms with van der Waals surface area (Å²) < 4.78 is 40.0. The second kappa shape index (κ2) is 6.34. The lowest BCUT2D eigenvalue weighted by molar-refractivity contribution is -0.274. The Bertz CT molecular complexity index is 482. The van der Waals surface area contributed by atoms with Crippen LogP contribution in [0.4, 0.5) is 13.2 Å². The maximum Gasteiger partial charge on any atom is 0.573 e. The smallest absolute Gasteiger partial charge is 0.406 e. The molecule has 4 nitrogen and oxygen atoms in total. The van der Waals surface area contributed by atoms with Crippen molar-refractivity contribution in [2.45, 2.75) is 25.2 Å². The summed E-state index contributed by atoms with van der Waals surface area (Å²) in [5.74, 6) is -0.539. The molecule has 7 heteroatoms. The van der Waals surface area contributed by atoms with Crippen LogP contribution in [-0.4, -0.2) is 43.3 Å². The van der Waals surface area contributed by atoms with E-state index in [2.05, 4.69) is 10.1 Å². The highest BCUT2D eigenvalue weighted by Gasteiger charge is 2.31. The van der Waals surface area contributed by atoms with Gasteiger partial charge in [0.15, 0.2) is 0 Å². The number of amides is 1. The van der Waals surface area contributed by atoms with Crippen LogP contribution >= 0.6 is 0 Å². The minimum Gasteiger partial charge on any atom is -0.406 e. The van der Waals surface area contributed by atoms with Gasteiger partial charge in [0.05, 0.1) is 0 Å². The molecule has 0 aliphatic carbocycles. The minimum absolute atomic E-state index is 0.109. The molecule has 1 amide bonds. The Labute approximate surface area is 120 Å². The molecule has 1 aliphatic rings. The van der Waals surface area contributed by atoms with Crippen LogP contribution in [0, 0.1) is 0 Å². The SMILES string of the molecule is CN(C(=O)c1ccc(OC(F)(F)F)cc1)[C@H]1CCCNC1. The first-order valence-corrected chi connectivity index (χ1v) is 6.70. The zero-order valence-corrected chi connectivity index (χ0v) is 11.6. The largest absolute Gasteiger partial charge is 0.573 e. The van der Waals surface area contributed by atoms with E-state index in [1.807, 2.05) is 0 Å². The van der Waals surface area contributed by atoms with E-state index >= 15 is 0 Å². The number of nitrogens with zero attached hydrogens (tertiary/aromatic N) is 1. The zero-order chi connectivity index (χ0) is 15.5. The topological polar surface area (TPSA) is 41.6 Å². The van der Waals surface area contributed by atoms with Crippen LogP contribution in [0.15, 0.2) is 24.3 Å². The van der Waals surface area contributed by atoms with Crippen LogP contribution < -0.4 is 10.1 Å². The molecule has 1 fully saturated rings. The molecule has 0 saturated carbocycles. The van der Waals surface area contributed by atoms with Crippen LogP contribution in [0.5, 0.6) is 5.75 Å². The molecule has 1 aromatic rings.